The molecule has 1 heterocycles. The lowest BCUT2D eigenvalue weighted by Gasteiger charge is -2.14. The molecule has 0 saturated heterocycles. The monoisotopic (exact) mass is 329 g/mol. The van der Waals surface area contributed by atoms with Crippen LogP contribution in [0.25, 0.3) is 0 Å². The summed E-state index contributed by atoms with van der Waals surface area (Å²) < 4.78 is 7.19. The minimum atomic E-state index is -0.649. The summed E-state index contributed by atoms with van der Waals surface area (Å²) in [6.07, 6.45) is 1.22. The van der Waals surface area contributed by atoms with Gasteiger partial charge in [0.1, 0.15) is 18.5 Å². The lowest BCUT2D eigenvalue weighted by atomic mass is 10.3. The number of hydrogen-bond donors (Lipinski definition) is 2. The van der Waals surface area contributed by atoms with Crippen LogP contribution >= 0.6 is 23.2 Å². The van der Waals surface area contributed by atoms with E-state index in [1.165, 1.54) is 0 Å². The fourth-order valence-electron chi connectivity index (χ4n) is 1.76. The highest BCUT2D eigenvalue weighted by Crippen LogP contribution is 2.27. The molecule has 1 unspecified atom stereocenters. The first-order valence-electron chi connectivity index (χ1n) is 6.50. The standard InChI is InChI=1S/C14H17Cl2N3O2/c1-19-5-4-11(18-19)7-17-8-12(20)9-21-14-6-10(15)2-3-13(14)16/h2-6,12,17,20H,7-9H2,1H3. The number of benzene rings is 1. The molecule has 0 aliphatic heterocycles. The van der Waals surface area contributed by atoms with E-state index in [0.29, 0.717) is 28.9 Å². The molecule has 21 heavy (non-hydrogen) atoms. The van der Waals surface area contributed by atoms with E-state index in [4.69, 9.17) is 27.9 Å². The molecule has 2 N–H and O–H groups in total. The molecule has 0 spiro atoms. The highest BCUT2D eigenvalue weighted by atomic mass is 35.5. The molecular weight excluding hydrogens is 313 g/mol. The van der Waals surface area contributed by atoms with Crippen molar-refractivity contribution in [3.05, 3.63) is 46.2 Å². The number of aryl methyl sites for hydroxylation is 1. The SMILES string of the molecule is Cn1ccc(CNCC(O)COc2cc(Cl)ccc2Cl)n1. The van der Waals surface area contributed by atoms with E-state index in [-0.39, 0.29) is 6.61 Å². The van der Waals surface area contributed by atoms with Gasteiger partial charge in [-0.1, -0.05) is 23.2 Å². The van der Waals surface area contributed by atoms with Crippen LogP contribution in [0.1, 0.15) is 5.69 Å². The Balaban J connectivity index is 1.72. The average Bonchev–Trinajstić information content (AvgIpc) is 2.85. The number of aliphatic hydroxyl groups is 1. The summed E-state index contributed by atoms with van der Waals surface area (Å²) in [5.41, 5.74) is 0.920. The van der Waals surface area contributed by atoms with Crippen molar-refractivity contribution in [2.45, 2.75) is 12.6 Å². The summed E-state index contributed by atoms with van der Waals surface area (Å²) in [6, 6.07) is 6.88. The molecule has 7 heteroatoms. The second kappa shape index (κ2) is 7.66. The minimum absolute atomic E-state index is 0.134. The largest absolute Gasteiger partial charge is 0.489 e. The third-order valence-corrected chi connectivity index (χ3v) is 3.33. The van der Waals surface area contributed by atoms with Gasteiger partial charge >= 0.3 is 0 Å². The minimum Gasteiger partial charge on any atom is -0.489 e. The molecule has 2 aromatic rings. The molecule has 1 aromatic heterocycles. The third-order valence-electron chi connectivity index (χ3n) is 2.78. The van der Waals surface area contributed by atoms with Gasteiger partial charge in [0, 0.05) is 37.4 Å². The van der Waals surface area contributed by atoms with E-state index in [2.05, 4.69) is 10.4 Å². The van der Waals surface area contributed by atoms with Gasteiger partial charge in [0.25, 0.3) is 0 Å². The third kappa shape index (κ3) is 5.21. The fourth-order valence-corrected chi connectivity index (χ4v) is 2.09. The predicted octanol–water partition coefficient (Wildman–Crippen LogP) is 2.26. The van der Waals surface area contributed by atoms with Gasteiger partial charge in [-0.25, -0.2) is 0 Å². The molecule has 0 fully saturated rings. The van der Waals surface area contributed by atoms with Gasteiger partial charge in [-0.05, 0) is 18.2 Å². The Morgan fingerprint density at radius 3 is 2.90 bits per heavy atom. The quantitative estimate of drug-likeness (QED) is 0.818. The highest BCUT2D eigenvalue weighted by Gasteiger charge is 2.08. The molecule has 0 aliphatic rings. The Morgan fingerprint density at radius 2 is 2.19 bits per heavy atom. The van der Waals surface area contributed by atoms with Crippen molar-refractivity contribution in [1.82, 2.24) is 15.1 Å². The molecule has 0 aliphatic carbocycles. The van der Waals surface area contributed by atoms with E-state index in [0.717, 1.165) is 5.69 Å². The van der Waals surface area contributed by atoms with Crippen molar-refractivity contribution in [1.29, 1.82) is 0 Å². The number of halogens is 2. The summed E-state index contributed by atoms with van der Waals surface area (Å²) in [7, 11) is 1.86. The maximum Gasteiger partial charge on any atom is 0.139 e. The van der Waals surface area contributed by atoms with Crippen LogP contribution in [0, 0.1) is 0 Å². The summed E-state index contributed by atoms with van der Waals surface area (Å²) in [6.45, 7) is 1.12. The highest BCUT2D eigenvalue weighted by molar-refractivity contribution is 6.34. The van der Waals surface area contributed by atoms with Crippen LogP contribution in [0.15, 0.2) is 30.5 Å². The molecule has 0 saturated carbocycles. The number of nitrogens with zero attached hydrogens (tertiary/aromatic N) is 2. The maximum atomic E-state index is 9.86. The molecule has 0 bridgehead atoms. The van der Waals surface area contributed by atoms with Gasteiger partial charge in [-0.3, -0.25) is 4.68 Å². The summed E-state index contributed by atoms with van der Waals surface area (Å²) in [5, 5.41) is 18.2. The maximum absolute atomic E-state index is 9.86. The van der Waals surface area contributed by atoms with E-state index in [9.17, 15) is 5.11 Å². The van der Waals surface area contributed by atoms with Crippen LogP contribution in [-0.2, 0) is 13.6 Å². The molecule has 2 rings (SSSR count). The molecule has 0 amide bonds. The van der Waals surface area contributed by atoms with E-state index < -0.39 is 6.10 Å². The molecule has 1 atom stereocenters. The zero-order chi connectivity index (χ0) is 15.2. The topological polar surface area (TPSA) is 59.3 Å². The normalized spacial score (nSPS) is 12.4. The first-order chi connectivity index (χ1) is 10.0. The van der Waals surface area contributed by atoms with Crippen LogP contribution in [0.2, 0.25) is 10.0 Å². The van der Waals surface area contributed by atoms with Gasteiger partial charge < -0.3 is 15.2 Å². The fraction of sp³-hybridized carbons (Fsp3) is 0.357. The number of hydrogen-bond acceptors (Lipinski definition) is 4. The smallest absolute Gasteiger partial charge is 0.139 e. The molecule has 114 valence electrons. The number of aromatic nitrogens is 2. The van der Waals surface area contributed by atoms with Crippen LogP contribution < -0.4 is 10.1 Å². The van der Waals surface area contributed by atoms with Gasteiger partial charge in [0.05, 0.1) is 10.7 Å². The van der Waals surface area contributed by atoms with Crippen molar-refractivity contribution in [3.8, 4) is 5.75 Å². The summed E-state index contributed by atoms with van der Waals surface area (Å²) >= 11 is 11.8. The van der Waals surface area contributed by atoms with E-state index in [1.54, 1.807) is 22.9 Å². The molecular formula is C14H17Cl2N3O2. The number of rotatable bonds is 7. The van der Waals surface area contributed by atoms with Crippen LogP contribution in [-0.4, -0.2) is 34.1 Å². The van der Waals surface area contributed by atoms with Crippen LogP contribution in [0.3, 0.4) is 0 Å². The van der Waals surface area contributed by atoms with Crippen molar-refractivity contribution < 1.29 is 9.84 Å². The Labute approximate surface area is 133 Å². The summed E-state index contributed by atoms with van der Waals surface area (Å²) in [4.78, 5) is 0. The Hall–Kier alpha value is -1.27. The van der Waals surface area contributed by atoms with Gasteiger partial charge in [0.2, 0.25) is 0 Å². The van der Waals surface area contributed by atoms with Gasteiger partial charge in [-0.15, -0.1) is 0 Å². The van der Waals surface area contributed by atoms with E-state index in [1.807, 2.05) is 19.3 Å². The number of aliphatic hydroxyl groups excluding tert-OH is 1. The lowest BCUT2D eigenvalue weighted by Crippen LogP contribution is -2.31. The van der Waals surface area contributed by atoms with E-state index >= 15 is 0 Å². The Bertz CT molecular complexity index is 589. The zero-order valence-corrected chi connectivity index (χ0v) is 13.1. The lowest BCUT2D eigenvalue weighted by molar-refractivity contribution is 0.106. The first-order valence-corrected chi connectivity index (χ1v) is 7.25. The second-order valence-electron chi connectivity index (χ2n) is 4.65. The van der Waals surface area contributed by atoms with Crippen molar-refractivity contribution in [3.63, 3.8) is 0 Å². The average molecular weight is 330 g/mol. The number of ether oxygens (including phenoxy) is 1. The van der Waals surface area contributed by atoms with Crippen molar-refractivity contribution in [2.75, 3.05) is 13.2 Å². The second-order valence-corrected chi connectivity index (χ2v) is 5.49. The molecule has 0 radical (unpaired) electrons. The predicted molar refractivity (Wildman–Crippen MR) is 82.9 cm³/mol. The zero-order valence-electron chi connectivity index (χ0n) is 11.6. The molecule has 5 nitrogen and oxygen atoms in total. The van der Waals surface area contributed by atoms with Crippen molar-refractivity contribution >= 4 is 23.2 Å². The Morgan fingerprint density at radius 1 is 1.38 bits per heavy atom. The first kappa shape index (κ1) is 16.1. The number of nitrogens with one attached hydrogen (secondary N) is 1. The Kier molecular flexibility index (Phi) is 5.87. The van der Waals surface area contributed by atoms with Gasteiger partial charge in [-0.2, -0.15) is 5.10 Å². The molecule has 1 aromatic carbocycles. The summed E-state index contributed by atoms with van der Waals surface area (Å²) in [5.74, 6) is 0.466. The van der Waals surface area contributed by atoms with Crippen LogP contribution in [0.5, 0.6) is 5.75 Å². The van der Waals surface area contributed by atoms with Crippen molar-refractivity contribution in [2.24, 2.45) is 7.05 Å². The van der Waals surface area contributed by atoms with Gasteiger partial charge in [0.15, 0.2) is 0 Å². The van der Waals surface area contributed by atoms with Crippen LogP contribution in [0.4, 0.5) is 0 Å².